The zero-order valence-corrected chi connectivity index (χ0v) is 9.29. The molecule has 0 saturated carbocycles. The SMILES string of the molecule is CCCC(O)COC(CC)N(C)C. The summed E-state index contributed by atoms with van der Waals surface area (Å²) < 4.78 is 5.54. The van der Waals surface area contributed by atoms with Gasteiger partial charge in [0.05, 0.1) is 12.7 Å². The van der Waals surface area contributed by atoms with E-state index in [1.807, 2.05) is 19.0 Å². The van der Waals surface area contributed by atoms with Gasteiger partial charge in [-0.25, -0.2) is 0 Å². The van der Waals surface area contributed by atoms with E-state index in [0.717, 1.165) is 19.3 Å². The number of aliphatic hydroxyl groups excluding tert-OH is 1. The van der Waals surface area contributed by atoms with E-state index in [9.17, 15) is 5.11 Å². The first-order chi connectivity index (χ1) is 6.11. The van der Waals surface area contributed by atoms with Crippen LogP contribution in [0.3, 0.4) is 0 Å². The summed E-state index contributed by atoms with van der Waals surface area (Å²) in [7, 11) is 3.97. The van der Waals surface area contributed by atoms with Crippen molar-refractivity contribution >= 4 is 0 Å². The minimum atomic E-state index is -0.306. The maximum atomic E-state index is 9.43. The fourth-order valence-electron chi connectivity index (χ4n) is 1.27. The van der Waals surface area contributed by atoms with Gasteiger partial charge in [-0.3, -0.25) is 4.90 Å². The lowest BCUT2D eigenvalue weighted by atomic mass is 10.2. The Morgan fingerprint density at radius 3 is 2.31 bits per heavy atom. The van der Waals surface area contributed by atoms with Gasteiger partial charge in [0, 0.05) is 0 Å². The highest BCUT2D eigenvalue weighted by Gasteiger charge is 2.11. The standard InChI is InChI=1S/C10H23NO2/c1-5-7-9(12)8-13-10(6-2)11(3)4/h9-10,12H,5-8H2,1-4H3. The predicted octanol–water partition coefficient (Wildman–Crippen LogP) is 1.46. The Hall–Kier alpha value is -0.120. The Labute approximate surface area is 81.7 Å². The van der Waals surface area contributed by atoms with Crippen LogP contribution in [0.15, 0.2) is 0 Å². The van der Waals surface area contributed by atoms with E-state index < -0.39 is 0 Å². The van der Waals surface area contributed by atoms with E-state index in [2.05, 4.69) is 13.8 Å². The summed E-state index contributed by atoms with van der Waals surface area (Å²) in [4.78, 5) is 2.03. The van der Waals surface area contributed by atoms with Crippen molar-refractivity contribution in [3.05, 3.63) is 0 Å². The number of nitrogens with zero attached hydrogens (tertiary/aromatic N) is 1. The van der Waals surface area contributed by atoms with Crippen LogP contribution < -0.4 is 0 Å². The van der Waals surface area contributed by atoms with Crippen LogP contribution in [0, 0.1) is 0 Å². The van der Waals surface area contributed by atoms with Crippen LogP contribution in [-0.2, 0) is 4.74 Å². The van der Waals surface area contributed by atoms with Crippen molar-refractivity contribution in [1.29, 1.82) is 0 Å². The second-order valence-corrected chi connectivity index (χ2v) is 3.60. The lowest BCUT2D eigenvalue weighted by molar-refractivity contribution is -0.0722. The van der Waals surface area contributed by atoms with E-state index in [-0.39, 0.29) is 12.3 Å². The maximum absolute atomic E-state index is 9.43. The van der Waals surface area contributed by atoms with Crippen molar-refractivity contribution in [3.63, 3.8) is 0 Å². The third-order valence-corrected chi connectivity index (χ3v) is 2.03. The topological polar surface area (TPSA) is 32.7 Å². The number of rotatable bonds is 7. The molecular formula is C10H23NO2. The molecule has 0 aliphatic rings. The lowest BCUT2D eigenvalue weighted by Crippen LogP contribution is -2.32. The van der Waals surface area contributed by atoms with Gasteiger partial charge in [0.1, 0.15) is 6.23 Å². The van der Waals surface area contributed by atoms with Crippen molar-refractivity contribution in [2.45, 2.75) is 45.4 Å². The highest BCUT2D eigenvalue weighted by atomic mass is 16.5. The maximum Gasteiger partial charge on any atom is 0.109 e. The van der Waals surface area contributed by atoms with Crippen LogP contribution in [0.25, 0.3) is 0 Å². The number of ether oxygens (including phenoxy) is 1. The zero-order chi connectivity index (χ0) is 10.3. The quantitative estimate of drug-likeness (QED) is 0.615. The molecule has 0 aliphatic heterocycles. The minimum absolute atomic E-state index is 0.131. The summed E-state index contributed by atoms with van der Waals surface area (Å²) >= 11 is 0. The molecule has 0 rings (SSSR count). The zero-order valence-electron chi connectivity index (χ0n) is 9.29. The van der Waals surface area contributed by atoms with Crippen LogP contribution in [0.2, 0.25) is 0 Å². The first-order valence-electron chi connectivity index (χ1n) is 5.07. The minimum Gasteiger partial charge on any atom is -0.391 e. The second-order valence-electron chi connectivity index (χ2n) is 3.60. The Kier molecular flexibility index (Phi) is 7.23. The van der Waals surface area contributed by atoms with Crippen molar-refractivity contribution in [2.24, 2.45) is 0 Å². The Balaban J connectivity index is 3.59. The van der Waals surface area contributed by atoms with E-state index >= 15 is 0 Å². The van der Waals surface area contributed by atoms with Crippen molar-refractivity contribution < 1.29 is 9.84 Å². The largest absolute Gasteiger partial charge is 0.391 e. The average Bonchev–Trinajstić information content (AvgIpc) is 2.05. The first-order valence-corrected chi connectivity index (χ1v) is 5.07. The summed E-state index contributed by atoms with van der Waals surface area (Å²) in [5.41, 5.74) is 0. The highest BCUT2D eigenvalue weighted by molar-refractivity contribution is 4.56. The molecule has 0 spiro atoms. The molecule has 1 N–H and O–H groups in total. The molecule has 2 atom stereocenters. The number of aliphatic hydroxyl groups is 1. The highest BCUT2D eigenvalue weighted by Crippen LogP contribution is 2.04. The van der Waals surface area contributed by atoms with Crippen LogP contribution in [0.4, 0.5) is 0 Å². The van der Waals surface area contributed by atoms with Gasteiger partial charge in [-0.2, -0.15) is 0 Å². The van der Waals surface area contributed by atoms with Crippen LogP contribution in [0.5, 0.6) is 0 Å². The van der Waals surface area contributed by atoms with Gasteiger partial charge < -0.3 is 9.84 Å². The van der Waals surface area contributed by atoms with Gasteiger partial charge in [0.2, 0.25) is 0 Å². The Morgan fingerprint density at radius 1 is 1.31 bits per heavy atom. The van der Waals surface area contributed by atoms with Gasteiger partial charge in [-0.05, 0) is 26.9 Å². The average molecular weight is 189 g/mol. The second kappa shape index (κ2) is 7.30. The molecule has 0 heterocycles. The van der Waals surface area contributed by atoms with Gasteiger partial charge >= 0.3 is 0 Å². The van der Waals surface area contributed by atoms with Crippen LogP contribution >= 0.6 is 0 Å². The van der Waals surface area contributed by atoms with Crippen molar-refractivity contribution in [3.8, 4) is 0 Å². The Morgan fingerprint density at radius 2 is 1.92 bits per heavy atom. The molecular weight excluding hydrogens is 166 g/mol. The summed E-state index contributed by atoms with van der Waals surface area (Å²) in [5.74, 6) is 0. The molecule has 0 bridgehead atoms. The number of hydrogen-bond donors (Lipinski definition) is 1. The number of hydrogen-bond acceptors (Lipinski definition) is 3. The van der Waals surface area contributed by atoms with Gasteiger partial charge in [0.15, 0.2) is 0 Å². The van der Waals surface area contributed by atoms with Gasteiger partial charge in [0.25, 0.3) is 0 Å². The van der Waals surface area contributed by atoms with Crippen molar-refractivity contribution in [1.82, 2.24) is 4.90 Å². The molecule has 0 aliphatic carbocycles. The predicted molar refractivity (Wildman–Crippen MR) is 54.6 cm³/mol. The smallest absolute Gasteiger partial charge is 0.109 e. The fourth-order valence-corrected chi connectivity index (χ4v) is 1.27. The molecule has 0 amide bonds. The van der Waals surface area contributed by atoms with E-state index in [0.29, 0.717) is 6.61 Å². The summed E-state index contributed by atoms with van der Waals surface area (Å²) in [6.07, 6.45) is 2.60. The van der Waals surface area contributed by atoms with Crippen molar-refractivity contribution in [2.75, 3.05) is 20.7 Å². The van der Waals surface area contributed by atoms with Crippen LogP contribution in [-0.4, -0.2) is 43.0 Å². The molecule has 13 heavy (non-hydrogen) atoms. The molecule has 0 radical (unpaired) electrons. The fraction of sp³-hybridized carbons (Fsp3) is 1.00. The molecule has 0 aromatic rings. The molecule has 0 aromatic carbocycles. The molecule has 3 heteroatoms. The first kappa shape index (κ1) is 12.9. The molecule has 2 unspecified atom stereocenters. The van der Waals surface area contributed by atoms with Gasteiger partial charge in [-0.1, -0.05) is 20.3 Å². The van der Waals surface area contributed by atoms with E-state index in [4.69, 9.17) is 4.74 Å². The molecule has 0 fully saturated rings. The summed E-state index contributed by atoms with van der Waals surface area (Å²) in [6.45, 7) is 4.59. The summed E-state index contributed by atoms with van der Waals surface area (Å²) in [6, 6.07) is 0. The molecule has 3 nitrogen and oxygen atoms in total. The third-order valence-electron chi connectivity index (χ3n) is 2.03. The lowest BCUT2D eigenvalue weighted by Gasteiger charge is -2.24. The molecule has 80 valence electrons. The summed E-state index contributed by atoms with van der Waals surface area (Å²) in [5, 5.41) is 9.43. The molecule has 0 saturated heterocycles. The monoisotopic (exact) mass is 189 g/mol. The van der Waals surface area contributed by atoms with E-state index in [1.54, 1.807) is 0 Å². The molecule has 0 aromatic heterocycles. The van der Waals surface area contributed by atoms with Gasteiger partial charge in [-0.15, -0.1) is 0 Å². The van der Waals surface area contributed by atoms with Crippen LogP contribution in [0.1, 0.15) is 33.1 Å². The Bertz CT molecular complexity index is 117. The normalized spacial score (nSPS) is 16.2. The third kappa shape index (κ3) is 6.02. The van der Waals surface area contributed by atoms with E-state index in [1.165, 1.54) is 0 Å².